The number of nitrogens with one attached hydrogen (secondary N) is 1. The quantitative estimate of drug-likeness (QED) is 0.907. The summed E-state index contributed by atoms with van der Waals surface area (Å²) >= 11 is 0. The van der Waals surface area contributed by atoms with E-state index in [2.05, 4.69) is 15.5 Å². The molecule has 1 aromatic heterocycles. The Morgan fingerprint density at radius 1 is 1.33 bits per heavy atom. The third-order valence-electron chi connectivity index (χ3n) is 4.02. The van der Waals surface area contributed by atoms with E-state index in [-0.39, 0.29) is 12.1 Å². The van der Waals surface area contributed by atoms with Crippen molar-refractivity contribution in [2.45, 2.75) is 37.8 Å². The van der Waals surface area contributed by atoms with Crippen LogP contribution in [0.2, 0.25) is 0 Å². The first kappa shape index (κ1) is 16.5. The topological polar surface area (TPSA) is 68.0 Å². The normalized spacial score (nSPS) is 15.1. The number of amides is 1. The molecule has 3 rings (SSSR count). The maximum absolute atomic E-state index is 12.6. The summed E-state index contributed by atoms with van der Waals surface area (Å²) in [5.74, 6) is 0.886. The van der Waals surface area contributed by atoms with Crippen molar-refractivity contribution >= 4 is 5.91 Å². The standard InChI is InChI=1S/C16H16F3N3O2/c17-16(18,19)12-6-2-5-11(9-12)14(23)20-8-7-13-21-15(24-22-13)10-3-1-4-10/h2,5-6,9-10H,1,3-4,7-8H2,(H,20,23). The van der Waals surface area contributed by atoms with Crippen molar-refractivity contribution in [3.63, 3.8) is 0 Å². The number of benzene rings is 1. The van der Waals surface area contributed by atoms with Gasteiger partial charge in [-0.15, -0.1) is 0 Å². The summed E-state index contributed by atoms with van der Waals surface area (Å²) in [6.45, 7) is 0.221. The zero-order valence-corrected chi connectivity index (χ0v) is 12.8. The molecule has 0 atom stereocenters. The summed E-state index contributed by atoms with van der Waals surface area (Å²) in [6, 6.07) is 4.31. The number of halogens is 3. The van der Waals surface area contributed by atoms with Crippen LogP contribution in [0.15, 0.2) is 28.8 Å². The van der Waals surface area contributed by atoms with Crippen LogP contribution in [0.1, 0.15) is 52.8 Å². The highest BCUT2D eigenvalue weighted by atomic mass is 19.4. The van der Waals surface area contributed by atoms with Gasteiger partial charge in [0.15, 0.2) is 5.82 Å². The average Bonchev–Trinajstić information content (AvgIpc) is 2.93. The largest absolute Gasteiger partial charge is 0.416 e. The van der Waals surface area contributed by atoms with E-state index in [1.165, 1.54) is 12.1 Å². The zero-order valence-electron chi connectivity index (χ0n) is 12.8. The number of alkyl halides is 3. The molecule has 2 aromatic rings. The maximum atomic E-state index is 12.6. The van der Waals surface area contributed by atoms with E-state index in [1.807, 2.05) is 0 Å². The highest BCUT2D eigenvalue weighted by Gasteiger charge is 2.31. The fourth-order valence-corrected chi connectivity index (χ4v) is 2.42. The highest BCUT2D eigenvalue weighted by Crippen LogP contribution is 2.35. The molecule has 128 valence electrons. The van der Waals surface area contributed by atoms with Crippen LogP contribution in [-0.2, 0) is 12.6 Å². The summed E-state index contributed by atoms with van der Waals surface area (Å²) in [7, 11) is 0. The van der Waals surface area contributed by atoms with Crippen LogP contribution in [0, 0.1) is 0 Å². The molecule has 1 fully saturated rings. The van der Waals surface area contributed by atoms with E-state index in [9.17, 15) is 18.0 Å². The fourth-order valence-electron chi connectivity index (χ4n) is 2.42. The van der Waals surface area contributed by atoms with E-state index < -0.39 is 17.6 Å². The monoisotopic (exact) mass is 339 g/mol. The van der Waals surface area contributed by atoms with Crippen molar-refractivity contribution in [1.29, 1.82) is 0 Å². The van der Waals surface area contributed by atoms with E-state index >= 15 is 0 Å². The highest BCUT2D eigenvalue weighted by molar-refractivity contribution is 5.94. The van der Waals surface area contributed by atoms with Gasteiger partial charge in [-0.05, 0) is 31.0 Å². The number of hydrogen-bond donors (Lipinski definition) is 1. The summed E-state index contributed by atoms with van der Waals surface area (Å²) in [6.07, 6.45) is -0.850. The van der Waals surface area contributed by atoms with Crippen molar-refractivity contribution in [3.05, 3.63) is 47.1 Å². The Labute approximate surface area is 136 Å². The van der Waals surface area contributed by atoms with Gasteiger partial charge in [0.1, 0.15) is 0 Å². The van der Waals surface area contributed by atoms with Gasteiger partial charge in [-0.2, -0.15) is 18.2 Å². The predicted molar refractivity (Wildman–Crippen MR) is 78.4 cm³/mol. The molecule has 1 saturated carbocycles. The Morgan fingerprint density at radius 3 is 2.79 bits per heavy atom. The van der Waals surface area contributed by atoms with Crippen LogP contribution in [-0.4, -0.2) is 22.6 Å². The first-order valence-electron chi connectivity index (χ1n) is 7.71. The van der Waals surface area contributed by atoms with Crippen molar-refractivity contribution in [2.24, 2.45) is 0 Å². The SMILES string of the molecule is O=C(NCCc1noc(C2CCC2)n1)c1cccc(C(F)(F)F)c1. The van der Waals surface area contributed by atoms with Crippen LogP contribution in [0.25, 0.3) is 0 Å². The van der Waals surface area contributed by atoms with E-state index in [4.69, 9.17) is 4.52 Å². The third kappa shape index (κ3) is 3.74. The minimum atomic E-state index is -4.47. The van der Waals surface area contributed by atoms with Gasteiger partial charge in [-0.25, -0.2) is 0 Å². The maximum Gasteiger partial charge on any atom is 0.416 e. The van der Waals surface area contributed by atoms with Gasteiger partial charge < -0.3 is 9.84 Å². The van der Waals surface area contributed by atoms with Crippen molar-refractivity contribution < 1.29 is 22.5 Å². The number of aromatic nitrogens is 2. The second kappa shape index (κ2) is 6.62. The number of carbonyl (C=O) groups excluding carboxylic acids is 1. The molecule has 8 heteroatoms. The molecule has 0 radical (unpaired) electrons. The van der Waals surface area contributed by atoms with Gasteiger partial charge in [-0.1, -0.05) is 17.6 Å². The number of carbonyl (C=O) groups is 1. The minimum absolute atomic E-state index is 0.0342. The Bertz CT molecular complexity index is 723. The van der Waals surface area contributed by atoms with E-state index in [1.54, 1.807) is 0 Å². The molecular weight excluding hydrogens is 323 g/mol. The molecule has 0 aliphatic heterocycles. The van der Waals surface area contributed by atoms with Crippen LogP contribution in [0.4, 0.5) is 13.2 Å². The lowest BCUT2D eigenvalue weighted by atomic mass is 9.85. The molecular formula is C16H16F3N3O2. The zero-order chi connectivity index (χ0) is 17.2. The summed E-state index contributed by atoms with van der Waals surface area (Å²) in [4.78, 5) is 16.2. The van der Waals surface area contributed by atoms with Crippen LogP contribution in [0.5, 0.6) is 0 Å². The van der Waals surface area contributed by atoms with Crippen LogP contribution < -0.4 is 5.32 Å². The van der Waals surface area contributed by atoms with E-state index in [0.717, 1.165) is 31.4 Å². The number of rotatable bonds is 5. The molecule has 0 bridgehead atoms. The Morgan fingerprint density at radius 2 is 2.12 bits per heavy atom. The predicted octanol–water partition coefficient (Wildman–Crippen LogP) is 3.33. The third-order valence-corrected chi connectivity index (χ3v) is 4.02. The van der Waals surface area contributed by atoms with Crippen molar-refractivity contribution in [1.82, 2.24) is 15.5 Å². The van der Waals surface area contributed by atoms with Crippen LogP contribution >= 0.6 is 0 Å². The molecule has 0 unspecified atom stereocenters. The molecule has 24 heavy (non-hydrogen) atoms. The smallest absolute Gasteiger partial charge is 0.352 e. The Balaban J connectivity index is 1.53. The minimum Gasteiger partial charge on any atom is -0.352 e. The number of hydrogen-bond acceptors (Lipinski definition) is 4. The van der Waals surface area contributed by atoms with Gasteiger partial charge >= 0.3 is 6.18 Å². The van der Waals surface area contributed by atoms with Crippen LogP contribution in [0.3, 0.4) is 0 Å². The molecule has 0 spiro atoms. The molecule has 1 aromatic carbocycles. The van der Waals surface area contributed by atoms with Gasteiger partial charge in [0.25, 0.3) is 5.91 Å². The number of nitrogens with zero attached hydrogens (tertiary/aromatic N) is 2. The lowest BCUT2D eigenvalue weighted by molar-refractivity contribution is -0.137. The van der Waals surface area contributed by atoms with Gasteiger partial charge in [0.2, 0.25) is 5.89 Å². The molecule has 1 heterocycles. The first-order valence-corrected chi connectivity index (χ1v) is 7.71. The Kier molecular flexibility index (Phi) is 4.55. The average molecular weight is 339 g/mol. The lowest BCUT2D eigenvalue weighted by Crippen LogP contribution is -2.26. The van der Waals surface area contributed by atoms with Crippen molar-refractivity contribution in [3.8, 4) is 0 Å². The van der Waals surface area contributed by atoms with E-state index in [0.29, 0.717) is 24.1 Å². The summed E-state index contributed by atoms with van der Waals surface area (Å²) < 4.78 is 43.1. The first-order chi connectivity index (χ1) is 11.4. The molecule has 1 N–H and O–H groups in total. The molecule has 1 amide bonds. The summed E-state index contributed by atoms with van der Waals surface area (Å²) in [5, 5.41) is 6.41. The molecule has 1 aliphatic rings. The van der Waals surface area contributed by atoms with Gasteiger partial charge in [-0.3, -0.25) is 4.79 Å². The second-order valence-electron chi connectivity index (χ2n) is 5.76. The molecule has 0 saturated heterocycles. The Hall–Kier alpha value is -2.38. The molecule has 1 aliphatic carbocycles. The second-order valence-corrected chi connectivity index (χ2v) is 5.76. The molecule has 5 nitrogen and oxygen atoms in total. The fraction of sp³-hybridized carbons (Fsp3) is 0.438. The van der Waals surface area contributed by atoms with Crippen molar-refractivity contribution in [2.75, 3.05) is 6.54 Å². The summed E-state index contributed by atoms with van der Waals surface area (Å²) in [5.41, 5.74) is -0.883. The van der Waals surface area contributed by atoms with Gasteiger partial charge in [0.05, 0.1) is 5.56 Å². The lowest BCUT2D eigenvalue weighted by Gasteiger charge is -2.20. The van der Waals surface area contributed by atoms with Gasteiger partial charge in [0, 0.05) is 24.4 Å².